The van der Waals surface area contributed by atoms with Gasteiger partial charge in [0, 0.05) is 19.1 Å². The van der Waals surface area contributed by atoms with E-state index >= 15 is 0 Å². The summed E-state index contributed by atoms with van der Waals surface area (Å²) in [6, 6.07) is -0.112. The maximum absolute atomic E-state index is 11.9. The molecule has 0 spiro atoms. The van der Waals surface area contributed by atoms with Crippen LogP contribution in [-0.4, -0.2) is 66.7 Å². The third-order valence-electron chi connectivity index (χ3n) is 2.63. The van der Waals surface area contributed by atoms with Crippen LogP contribution in [0.5, 0.6) is 0 Å². The van der Waals surface area contributed by atoms with Gasteiger partial charge in [0.25, 0.3) is 0 Å². The average molecular weight is 259 g/mol. The third kappa shape index (κ3) is 7.11. The normalized spacial score (nSPS) is 12.6. The molecule has 0 rings (SSSR count). The first-order chi connectivity index (χ1) is 8.23. The van der Waals surface area contributed by atoms with Crippen molar-refractivity contribution in [2.75, 3.05) is 33.7 Å². The lowest BCUT2D eigenvalue weighted by molar-refractivity contribution is -0.137. The molecule has 18 heavy (non-hydrogen) atoms. The van der Waals surface area contributed by atoms with E-state index in [9.17, 15) is 9.59 Å². The first kappa shape index (κ1) is 16.7. The number of amides is 2. The van der Waals surface area contributed by atoms with E-state index in [1.807, 2.05) is 39.8 Å². The van der Waals surface area contributed by atoms with Crippen molar-refractivity contribution in [1.29, 1.82) is 0 Å². The molecule has 0 aliphatic carbocycles. The zero-order valence-electron chi connectivity index (χ0n) is 11.9. The van der Waals surface area contributed by atoms with Gasteiger partial charge in [0.05, 0.1) is 0 Å². The minimum Gasteiger partial charge on any atom is -0.480 e. The Balaban J connectivity index is 4.33. The maximum atomic E-state index is 11.9. The van der Waals surface area contributed by atoms with E-state index in [0.717, 1.165) is 0 Å². The van der Waals surface area contributed by atoms with Crippen LogP contribution < -0.4 is 5.32 Å². The molecule has 106 valence electrons. The highest BCUT2D eigenvalue weighted by molar-refractivity contribution is 5.80. The SMILES string of the molecule is CC(C)CN(CC(=O)O)C(=O)NCC(C)N(C)C. The second kappa shape index (κ2) is 7.92. The minimum atomic E-state index is -0.994. The summed E-state index contributed by atoms with van der Waals surface area (Å²) in [6.07, 6.45) is 0. The van der Waals surface area contributed by atoms with Gasteiger partial charge in [-0.25, -0.2) is 4.79 Å². The Morgan fingerprint density at radius 1 is 1.22 bits per heavy atom. The van der Waals surface area contributed by atoms with E-state index in [2.05, 4.69) is 5.32 Å². The first-order valence-corrected chi connectivity index (χ1v) is 6.15. The summed E-state index contributed by atoms with van der Waals surface area (Å²) < 4.78 is 0. The van der Waals surface area contributed by atoms with E-state index in [4.69, 9.17) is 5.11 Å². The number of likely N-dealkylation sites (N-methyl/N-ethyl adjacent to an activating group) is 1. The summed E-state index contributed by atoms with van der Waals surface area (Å²) in [5, 5.41) is 11.5. The van der Waals surface area contributed by atoms with E-state index in [1.165, 1.54) is 4.90 Å². The van der Waals surface area contributed by atoms with Crippen LogP contribution in [0, 0.1) is 5.92 Å². The van der Waals surface area contributed by atoms with Crippen LogP contribution in [0.2, 0.25) is 0 Å². The second-order valence-electron chi connectivity index (χ2n) is 5.17. The summed E-state index contributed by atoms with van der Waals surface area (Å²) in [7, 11) is 3.86. The first-order valence-electron chi connectivity index (χ1n) is 6.15. The molecule has 2 N–H and O–H groups in total. The van der Waals surface area contributed by atoms with Crippen LogP contribution in [0.4, 0.5) is 4.79 Å². The topological polar surface area (TPSA) is 72.9 Å². The minimum absolute atomic E-state index is 0.208. The average Bonchev–Trinajstić information content (AvgIpc) is 2.22. The number of nitrogens with zero attached hydrogens (tertiary/aromatic N) is 2. The zero-order chi connectivity index (χ0) is 14.3. The Kier molecular flexibility index (Phi) is 7.35. The summed E-state index contributed by atoms with van der Waals surface area (Å²) in [4.78, 5) is 25.9. The largest absolute Gasteiger partial charge is 0.480 e. The Labute approximate surface area is 109 Å². The van der Waals surface area contributed by atoms with Crippen LogP contribution in [0.1, 0.15) is 20.8 Å². The highest BCUT2D eigenvalue weighted by atomic mass is 16.4. The summed E-state index contributed by atoms with van der Waals surface area (Å²) >= 11 is 0. The van der Waals surface area contributed by atoms with E-state index in [-0.39, 0.29) is 24.5 Å². The highest BCUT2D eigenvalue weighted by Crippen LogP contribution is 1.99. The van der Waals surface area contributed by atoms with Crippen molar-refractivity contribution < 1.29 is 14.7 Å². The number of urea groups is 1. The number of hydrogen-bond donors (Lipinski definition) is 2. The van der Waals surface area contributed by atoms with E-state index in [1.54, 1.807) is 0 Å². The molecule has 0 saturated heterocycles. The molecule has 0 heterocycles. The van der Waals surface area contributed by atoms with Gasteiger partial charge in [0.15, 0.2) is 0 Å². The number of carboxylic acids is 1. The standard InChI is InChI=1S/C12H25N3O3/c1-9(2)7-15(8-11(16)17)12(18)13-6-10(3)14(4)5/h9-10H,6-8H2,1-5H3,(H,13,18)(H,16,17). The fourth-order valence-electron chi connectivity index (χ4n) is 1.35. The highest BCUT2D eigenvalue weighted by Gasteiger charge is 2.18. The Bertz CT molecular complexity index is 280. The number of aliphatic carboxylic acids is 1. The molecule has 6 nitrogen and oxygen atoms in total. The summed E-state index contributed by atoms with van der Waals surface area (Å²) in [5.41, 5.74) is 0. The maximum Gasteiger partial charge on any atom is 0.323 e. The quantitative estimate of drug-likeness (QED) is 0.705. The number of carboxylic acid groups (broad SMARTS) is 1. The molecular formula is C12H25N3O3. The van der Waals surface area contributed by atoms with Gasteiger partial charge in [0.1, 0.15) is 6.54 Å². The molecule has 0 aliphatic rings. The number of nitrogens with one attached hydrogen (secondary N) is 1. The van der Waals surface area contributed by atoms with Crippen LogP contribution in [0.3, 0.4) is 0 Å². The molecule has 2 amide bonds. The molecule has 1 unspecified atom stereocenters. The molecule has 0 bridgehead atoms. The second-order valence-corrected chi connectivity index (χ2v) is 5.17. The summed E-state index contributed by atoms with van der Waals surface area (Å²) in [6.45, 7) is 6.56. The molecule has 0 aromatic rings. The van der Waals surface area contributed by atoms with Crippen molar-refractivity contribution in [3.63, 3.8) is 0 Å². The van der Waals surface area contributed by atoms with Gasteiger partial charge in [-0.05, 0) is 26.9 Å². The molecule has 0 saturated carbocycles. The Hall–Kier alpha value is -1.30. The van der Waals surface area contributed by atoms with Gasteiger partial charge in [-0.2, -0.15) is 0 Å². The predicted molar refractivity (Wildman–Crippen MR) is 70.6 cm³/mol. The predicted octanol–water partition coefficient (Wildman–Crippen LogP) is 0.689. The summed E-state index contributed by atoms with van der Waals surface area (Å²) in [5.74, 6) is -0.757. The lowest BCUT2D eigenvalue weighted by atomic mass is 10.2. The molecule has 0 radical (unpaired) electrons. The number of carbonyl (C=O) groups is 2. The molecule has 1 atom stereocenters. The number of rotatable bonds is 7. The Morgan fingerprint density at radius 3 is 2.17 bits per heavy atom. The van der Waals surface area contributed by atoms with Crippen LogP contribution in [0.15, 0.2) is 0 Å². The van der Waals surface area contributed by atoms with Crippen molar-refractivity contribution in [2.24, 2.45) is 5.92 Å². The van der Waals surface area contributed by atoms with Gasteiger partial charge in [-0.15, -0.1) is 0 Å². The van der Waals surface area contributed by atoms with Crippen LogP contribution >= 0.6 is 0 Å². The van der Waals surface area contributed by atoms with Gasteiger partial charge in [0.2, 0.25) is 0 Å². The molecule has 6 heteroatoms. The third-order valence-corrected chi connectivity index (χ3v) is 2.63. The van der Waals surface area contributed by atoms with Gasteiger partial charge in [-0.1, -0.05) is 13.8 Å². The number of hydrogen-bond acceptors (Lipinski definition) is 3. The number of carbonyl (C=O) groups excluding carboxylic acids is 1. The molecule has 0 aliphatic heterocycles. The Morgan fingerprint density at radius 2 is 1.78 bits per heavy atom. The lowest BCUT2D eigenvalue weighted by Gasteiger charge is -2.25. The van der Waals surface area contributed by atoms with Crippen molar-refractivity contribution in [3.05, 3.63) is 0 Å². The van der Waals surface area contributed by atoms with Crippen molar-refractivity contribution in [1.82, 2.24) is 15.1 Å². The van der Waals surface area contributed by atoms with Crippen molar-refractivity contribution in [2.45, 2.75) is 26.8 Å². The monoisotopic (exact) mass is 259 g/mol. The zero-order valence-corrected chi connectivity index (χ0v) is 11.9. The van der Waals surface area contributed by atoms with Crippen molar-refractivity contribution >= 4 is 12.0 Å². The molecular weight excluding hydrogens is 234 g/mol. The van der Waals surface area contributed by atoms with E-state index in [0.29, 0.717) is 13.1 Å². The molecule has 0 fully saturated rings. The molecule has 0 aromatic carbocycles. The van der Waals surface area contributed by atoms with E-state index < -0.39 is 5.97 Å². The lowest BCUT2D eigenvalue weighted by Crippen LogP contribution is -2.47. The van der Waals surface area contributed by atoms with Gasteiger partial charge in [-0.3, -0.25) is 4.79 Å². The molecule has 0 aromatic heterocycles. The fraction of sp³-hybridized carbons (Fsp3) is 0.833. The smallest absolute Gasteiger partial charge is 0.323 e. The van der Waals surface area contributed by atoms with Gasteiger partial charge >= 0.3 is 12.0 Å². The fourth-order valence-corrected chi connectivity index (χ4v) is 1.35. The van der Waals surface area contributed by atoms with Gasteiger partial charge < -0.3 is 20.2 Å². The van der Waals surface area contributed by atoms with Crippen molar-refractivity contribution in [3.8, 4) is 0 Å². The van der Waals surface area contributed by atoms with Crippen LogP contribution in [-0.2, 0) is 4.79 Å². The van der Waals surface area contributed by atoms with Crippen LogP contribution in [0.25, 0.3) is 0 Å².